The molecule has 2 heterocycles. The second-order valence-corrected chi connectivity index (χ2v) is 10.7. The fourth-order valence-corrected chi connectivity index (χ4v) is 6.17. The lowest BCUT2D eigenvalue weighted by Crippen LogP contribution is -2.55. The summed E-state index contributed by atoms with van der Waals surface area (Å²) in [7, 11) is 0. The first-order valence-corrected chi connectivity index (χ1v) is 13.4. The van der Waals surface area contributed by atoms with Crippen LogP contribution in [-0.2, 0) is 16.6 Å². The maximum absolute atomic E-state index is 14.7. The molecule has 0 bridgehead atoms. The third-order valence-corrected chi connectivity index (χ3v) is 8.42. The van der Waals surface area contributed by atoms with Gasteiger partial charge in [-0.1, -0.05) is 89.9 Å². The molecule has 2 aliphatic rings. The molecule has 190 valence electrons. The van der Waals surface area contributed by atoms with E-state index < -0.39 is 5.41 Å². The minimum absolute atomic E-state index is 0. The number of likely N-dealkylation sites (tertiary alicyclic amines) is 2. The predicted octanol–water partition coefficient (Wildman–Crippen LogP) is 7.36. The first-order chi connectivity index (χ1) is 17.1. The Morgan fingerprint density at radius 1 is 0.806 bits per heavy atom. The summed E-state index contributed by atoms with van der Waals surface area (Å²) >= 11 is 12.8. The van der Waals surface area contributed by atoms with Crippen LogP contribution in [0, 0.1) is 0 Å². The van der Waals surface area contributed by atoms with Gasteiger partial charge in [-0.05, 0) is 74.0 Å². The summed E-state index contributed by atoms with van der Waals surface area (Å²) in [5.74, 6) is 0.194. The molecule has 0 spiro atoms. The standard InChI is InChI=1S/C30H32Cl2N2O.ClH/c31-26-15-14-25(20-27(26)32)30(21-23-10-3-1-4-11-23)16-9-19-34(29(30)35)28(22-33-17-7-8-18-33)24-12-5-2-6-13-24;/h1-6,10-15,20,28H,7-9,16-19,21-22H2;1H/t28-,30?;/m1./s1. The molecule has 1 unspecified atom stereocenters. The lowest BCUT2D eigenvalue weighted by atomic mass is 9.69. The normalized spacial score (nSPS) is 21.3. The summed E-state index contributed by atoms with van der Waals surface area (Å²) in [6, 6.07) is 26.6. The average Bonchev–Trinajstić information content (AvgIpc) is 3.40. The van der Waals surface area contributed by atoms with E-state index >= 15 is 0 Å². The van der Waals surface area contributed by atoms with E-state index in [2.05, 4.69) is 46.2 Å². The molecule has 2 atom stereocenters. The number of hydrogen-bond acceptors (Lipinski definition) is 2. The van der Waals surface area contributed by atoms with Crippen molar-refractivity contribution < 1.29 is 4.79 Å². The van der Waals surface area contributed by atoms with E-state index in [1.165, 1.54) is 18.4 Å². The Morgan fingerprint density at radius 2 is 1.47 bits per heavy atom. The fraction of sp³-hybridized carbons (Fsp3) is 0.367. The Labute approximate surface area is 230 Å². The molecule has 6 heteroatoms. The highest BCUT2D eigenvalue weighted by Gasteiger charge is 2.47. The minimum Gasteiger partial charge on any atom is -0.334 e. The number of carbonyl (C=O) groups excluding carboxylic acids is 1. The summed E-state index contributed by atoms with van der Waals surface area (Å²) < 4.78 is 0. The van der Waals surface area contributed by atoms with E-state index in [4.69, 9.17) is 23.2 Å². The van der Waals surface area contributed by atoms with Gasteiger partial charge in [-0.2, -0.15) is 0 Å². The van der Waals surface area contributed by atoms with Gasteiger partial charge in [0, 0.05) is 13.1 Å². The van der Waals surface area contributed by atoms with Gasteiger partial charge in [0.1, 0.15) is 0 Å². The van der Waals surface area contributed by atoms with Crippen molar-refractivity contribution in [1.29, 1.82) is 0 Å². The van der Waals surface area contributed by atoms with Crippen LogP contribution < -0.4 is 0 Å². The Kier molecular flexibility index (Phi) is 9.00. The van der Waals surface area contributed by atoms with Crippen LogP contribution in [0.5, 0.6) is 0 Å². The number of rotatable bonds is 7. The van der Waals surface area contributed by atoms with Crippen molar-refractivity contribution in [2.24, 2.45) is 0 Å². The maximum Gasteiger partial charge on any atom is 0.234 e. The van der Waals surface area contributed by atoms with Gasteiger partial charge in [0.25, 0.3) is 0 Å². The summed E-state index contributed by atoms with van der Waals surface area (Å²) in [6.07, 6.45) is 4.85. The van der Waals surface area contributed by atoms with Gasteiger partial charge >= 0.3 is 0 Å². The number of hydrogen-bond donors (Lipinski definition) is 0. The smallest absolute Gasteiger partial charge is 0.234 e. The van der Waals surface area contributed by atoms with E-state index in [0.29, 0.717) is 16.5 Å². The quantitative estimate of drug-likeness (QED) is 0.311. The summed E-state index contributed by atoms with van der Waals surface area (Å²) in [5, 5.41) is 1.01. The van der Waals surface area contributed by atoms with Crippen molar-refractivity contribution in [3.8, 4) is 0 Å². The van der Waals surface area contributed by atoms with Gasteiger partial charge in [-0.25, -0.2) is 0 Å². The van der Waals surface area contributed by atoms with Crippen molar-refractivity contribution in [3.63, 3.8) is 0 Å². The van der Waals surface area contributed by atoms with Crippen LogP contribution in [-0.4, -0.2) is 41.9 Å². The van der Waals surface area contributed by atoms with Crippen LogP contribution in [0.15, 0.2) is 78.9 Å². The molecule has 5 rings (SSSR count). The molecule has 1 amide bonds. The van der Waals surface area contributed by atoms with Crippen LogP contribution in [0.25, 0.3) is 0 Å². The van der Waals surface area contributed by atoms with Crippen molar-refractivity contribution in [2.45, 2.75) is 43.6 Å². The second-order valence-electron chi connectivity index (χ2n) is 9.91. The van der Waals surface area contributed by atoms with Gasteiger partial charge in [0.05, 0.1) is 21.5 Å². The highest BCUT2D eigenvalue weighted by molar-refractivity contribution is 6.42. The number of benzene rings is 3. The predicted molar refractivity (Wildman–Crippen MR) is 151 cm³/mol. The first-order valence-electron chi connectivity index (χ1n) is 12.6. The van der Waals surface area contributed by atoms with Crippen molar-refractivity contribution in [2.75, 3.05) is 26.2 Å². The highest BCUT2D eigenvalue weighted by Crippen LogP contribution is 2.43. The Hall–Kier alpha value is -2.04. The van der Waals surface area contributed by atoms with E-state index in [9.17, 15) is 4.79 Å². The van der Waals surface area contributed by atoms with Gasteiger partial charge < -0.3 is 9.80 Å². The maximum atomic E-state index is 14.7. The van der Waals surface area contributed by atoms with Crippen LogP contribution in [0.1, 0.15) is 48.4 Å². The molecule has 3 nitrogen and oxygen atoms in total. The molecule has 0 aliphatic carbocycles. The SMILES string of the molecule is Cl.O=C1N([C@H](CN2CCCC2)c2ccccc2)CCCC1(Cc1ccccc1)c1ccc(Cl)c(Cl)c1. The van der Waals surface area contributed by atoms with Gasteiger partial charge in [0.15, 0.2) is 0 Å². The Morgan fingerprint density at radius 3 is 2.14 bits per heavy atom. The molecule has 0 saturated carbocycles. The van der Waals surface area contributed by atoms with E-state index in [0.717, 1.165) is 50.1 Å². The number of nitrogens with zero attached hydrogens (tertiary/aromatic N) is 2. The zero-order valence-electron chi connectivity index (χ0n) is 20.4. The second kappa shape index (κ2) is 12.0. The molecule has 3 aromatic rings. The summed E-state index contributed by atoms with van der Waals surface area (Å²) in [5.41, 5.74) is 2.65. The Balaban J connectivity index is 0.00000304. The van der Waals surface area contributed by atoms with Crippen molar-refractivity contribution in [1.82, 2.24) is 9.80 Å². The van der Waals surface area contributed by atoms with E-state index in [-0.39, 0.29) is 24.4 Å². The molecule has 36 heavy (non-hydrogen) atoms. The summed E-state index contributed by atoms with van der Waals surface area (Å²) in [6.45, 7) is 3.85. The fourth-order valence-electron chi connectivity index (χ4n) is 5.87. The average molecular weight is 544 g/mol. The lowest BCUT2D eigenvalue weighted by molar-refractivity contribution is -0.144. The first kappa shape index (κ1) is 27.0. The number of amides is 1. The van der Waals surface area contributed by atoms with Crippen LogP contribution >= 0.6 is 35.6 Å². The molecule has 2 fully saturated rings. The van der Waals surface area contributed by atoms with Crippen molar-refractivity contribution >= 4 is 41.5 Å². The van der Waals surface area contributed by atoms with Crippen LogP contribution in [0.3, 0.4) is 0 Å². The van der Waals surface area contributed by atoms with Crippen LogP contribution in [0.4, 0.5) is 0 Å². The van der Waals surface area contributed by atoms with Gasteiger partial charge in [0.2, 0.25) is 5.91 Å². The number of piperidine rings is 1. The molecular formula is C30H33Cl3N2O. The zero-order valence-corrected chi connectivity index (χ0v) is 22.7. The number of halogens is 3. The molecule has 3 aromatic carbocycles. The largest absolute Gasteiger partial charge is 0.334 e. The van der Waals surface area contributed by atoms with Gasteiger partial charge in [-0.3, -0.25) is 4.79 Å². The highest BCUT2D eigenvalue weighted by atomic mass is 35.5. The van der Waals surface area contributed by atoms with E-state index in [1.54, 1.807) is 0 Å². The molecule has 0 radical (unpaired) electrons. The molecule has 0 N–H and O–H groups in total. The zero-order chi connectivity index (χ0) is 24.3. The molecular weight excluding hydrogens is 511 g/mol. The van der Waals surface area contributed by atoms with E-state index in [1.807, 2.05) is 42.5 Å². The van der Waals surface area contributed by atoms with Gasteiger partial charge in [-0.15, -0.1) is 12.4 Å². The third-order valence-electron chi connectivity index (χ3n) is 7.68. The molecule has 0 aromatic heterocycles. The topological polar surface area (TPSA) is 23.6 Å². The number of carbonyl (C=O) groups is 1. The third kappa shape index (κ3) is 5.60. The van der Waals surface area contributed by atoms with Crippen LogP contribution in [0.2, 0.25) is 10.0 Å². The molecule has 2 aliphatic heterocycles. The Bertz CT molecular complexity index is 1150. The minimum atomic E-state index is -0.675. The summed E-state index contributed by atoms with van der Waals surface area (Å²) in [4.78, 5) is 19.3. The molecule has 2 saturated heterocycles. The lowest BCUT2D eigenvalue weighted by Gasteiger charge is -2.46. The van der Waals surface area contributed by atoms with Crippen molar-refractivity contribution in [3.05, 3.63) is 106 Å². The monoisotopic (exact) mass is 542 g/mol.